The summed E-state index contributed by atoms with van der Waals surface area (Å²) in [6.07, 6.45) is 3.91. The zero-order valence-electron chi connectivity index (χ0n) is 17.3. The van der Waals surface area contributed by atoms with E-state index < -0.39 is 0 Å². The highest BCUT2D eigenvalue weighted by atomic mass is 35.5. The third kappa shape index (κ3) is 3.57. The fourth-order valence-corrected chi connectivity index (χ4v) is 5.68. The molecule has 5 unspecified atom stereocenters. The van der Waals surface area contributed by atoms with Gasteiger partial charge in [0.1, 0.15) is 0 Å². The first-order chi connectivity index (χ1) is 14.5. The van der Waals surface area contributed by atoms with Crippen molar-refractivity contribution >= 4 is 17.6 Å². The molecule has 0 radical (unpaired) electrons. The average Bonchev–Trinajstić information content (AvgIpc) is 3.14. The van der Waals surface area contributed by atoms with Crippen LogP contribution in [0.15, 0.2) is 42.6 Å². The van der Waals surface area contributed by atoms with Gasteiger partial charge < -0.3 is 10.2 Å². The fraction of sp³-hybridized carbons (Fsp3) is 0.478. The normalized spacial score (nSPS) is 31.6. The zero-order valence-corrected chi connectivity index (χ0v) is 18.1. The minimum Gasteiger partial charge on any atom is -0.335 e. The van der Waals surface area contributed by atoms with E-state index in [1.165, 1.54) is 5.56 Å². The lowest BCUT2D eigenvalue weighted by Crippen LogP contribution is -2.61. The van der Waals surface area contributed by atoms with Crippen LogP contribution in [-0.2, 0) is 0 Å². The van der Waals surface area contributed by atoms with Crippen LogP contribution in [0.2, 0.25) is 5.02 Å². The summed E-state index contributed by atoms with van der Waals surface area (Å²) in [5.74, 6) is 0.920. The molecule has 30 heavy (non-hydrogen) atoms. The molecule has 3 aliphatic rings. The molecule has 2 amide bonds. The predicted octanol–water partition coefficient (Wildman–Crippen LogP) is 3.74. The van der Waals surface area contributed by atoms with Crippen molar-refractivity contribution in [2.45, 2.75) is 50.9 Å². The molecule has 3 fully saturated rings. The van der Waals surface area contributed by atoms with Gasteiger partial charge in [0, 0.05) is 35.5 Å². The molecule has 1 aromatic carbocycles. The highest BCUT2D eigenvalue weighted by Crippen LogP contribution is 2.42. The molecule has 2 aliphatic heterocycles. The first kappa shape index (κ1) is 19.8. The number of fused-ring (bicyclic) bond motifs is 2. The number of aryl methyl sites for hydroxylation is 1. The van der Waals surface area contributed by atoms with Crippen LogP contribution in [0.25, 0.3) is 0 Å². The SMILES string of the molecule is Cc1cc(C2NNC3CC4NC(=O)N([C@@H](C)c5cccc(Cl)c5)CC4CC32)ccn1. The molecule has 158 valence electrons. The minimum atomic E-state index is -0.0131. The van der Waals surface area contributed by atoms with Gasteiger partial charge in [-0.1, -0.05) is 23.7 Å². The van der Waals surface area contributed by atoms with Crippen molar-refractivity contribution in [1.29, 1.82) is 0 Å². The zero-order chi connectivity index (χ0) is 20.8. The van der Waals surface area contributed by atoms with E-state index in [2.05, 4.69) is 40.2 Å². The molecule has 2 saturated heterocycles. The number of halogens is 1. The van der Waals surface area contributed by atoms with Crippen LogP contribution in [0.1, 0.15) is 48.7 Å². The molecule has 2 aromatic rings. The first-order valence-electron chi connectivity index (χ1n) is 10.8. The number of nitrogens with one attached hydrogen (secondary N) is 3. The van der Waals surface area contributed by atoms with E-state index in [1.54, 1.807) is 0 Å². The second-order valence-corrected chi connectivity index (χ2v) is 9.37. The Morgan fingerprint density at radius 2 is 2.03 bits per heavy atom. The summed E-state index contributed by atoms with van der Waals surface area (Å²) in [5, 5.41) is 3.99. The Kier molecular flexibility index (Phi) is 5.17. The van der Waals surface area contributed by atoms with Crippen LogP contribution in [0.3, 0.4) is 0 Å². The first-order valence-corrected chi connectivity index (χ1v) is 11.1. The standard InChI is InChI=1S/C23H28ClN5O/c1-13-8-16(6-7-25-13)22-19-10-17-12-29(14(2)15-4-3-5-18(24)9-15)23(30)26-20(17)11-21(19)27-28-22/h3-9,14,17,19-22,27-28H,10-12H2,1-2H3,(H,26,30)/t14-,17?,19?,20?,21?,22?/m0/s1. The third-order valence-electron chi connectivity index (χ3n) is 7.10. The summed E-state index contributed by atoms with van der Waals surface area (Å²) in [6.45, 7) is 4.89. The van der Waals surface area contributed by atoms with Gasteiger partial charge in [0.2, 0.25) is 0 Å². The molecular weight excluding hydrogens is 398 g/mol. The van der Waals surface area contributed by atoms with Gasteiger partial charge in [-0.15, -0.1) is 0 Å². The Bertz CT molecular complexity index is 953. The largest absolute Gasteiger partial charge is 0.335 e. The minimum absolute atomic E-state index is 0.0131. The lowest BCUT2D eigenvalue weighted by molar-refractivity contribution is 0.0835. The number of urea groups is 1. The maximum atomic E-state index is 12.9. The number of benzene rings is 1. The monoisotopic (exact) mass is 425 g/mol. The summed E-state index contributed by atoms with van der Waals surface area (Å²) >= 11 is 6.18. The van der Waals surface area contributed by atoms with Crippen molar-refractivity contribution < 1.29 is 4.79 Å². The van der Waals surface area contributed by atoms with E-state index in [4.69, 9.17) is 11.6 Å². The number of pyridine rings is 1. The quantitative estimate of drug-likeness (QED) is 0.700. The highest BCUT2D eigenvalue weighted by Gasteiger charge is 2.48. The van der Waals surface area contributed by atoms with Crippen molar-refractivity contribution in [2.75, 3.05) is 6.54 Å². The van der Waals surface area contributed by atoms with Gasteiger partial charge in [0.05, 0.1) is 12.1 Å². The molecule has 0 bridgehead atoms. The van der Waals surface area contributed by atoms with Crippen LogP contribution in [-0.4, -0.2) is 34.5 Å². The Morgan fingerprint density at radius 1 is 1.17 bits per heavy atom. The fourth-order valence-electron chi connectivity index (χ4n) is 5.48. The topological polar surface area (TPSA) is 69.3 Å². The van der Waals surface area contributed by atoms with Crippen molar-refractivity contribution in [2.24, 2.45) is 11.8 Å². The molecule has 1 saturated carbocycles. The number of aromatic nitrogens is 1. The van der Waals surface area contributed by atoms with E-state index in [9.17, 15) is 4.79 Å². The Labute approximate surface area is 182 Å². The number of carbonyl (C=O) groups is 1. The van der Waals surface area contributed by atoms with E-state index in [0.29, 0.717) is 22.9 Å². The van der Waals surface area contributed by atoms with Crippen molar-refractivity contribution in [3.8, 4) is 0 Å². The number of carbonyl (C=O) groups excluding carboxylic acids is 1. The smallest absolute Gasteiger partial charge is 0.318 e. The Balaban J connectivity index is 1.34. The van der Waals surface area contributed by atoms with Crippen LogP contribution < -0.4 is 16.2 Å². The van der Waals surface area contributed by atoms with E-state index in [0.717, 1.165) is 30.6 Å². The van der Waals surface area contributed by atoms with Crippen molar-refractivity contribution in [1.82, 2.24) is 26.1 Å². The maximum Gasteiger partial charge on any atom is 0.318 e. The van der Waals surface area contributed by atoms with Crippen LogP contribution in [0.4, 0.5) is 4.79 Å². The van der Waals surface area contributed by atoms with Gasteiger partial charge >= 0.3 is 6.03 Å². The molecular formula is C23H28ClN5O. The molecule has 6 atom stereocenters. The maximum absolute atomic E-state index is 12.9. The lowest BCUT2D eigenvalue weighted by Gasteiger charge is -2.47. The number of rotatable bonds is 3. The molecule has 6 nitrogen and oxygen atoms in total. The van der Waals surface area contributed by atoms with Crippen LogP contribution in [0, 0.1) is 18.8 Å². The van der Waals surface area contributed by atoms with Crippen molar-refractivity contribution in [3.05, 3.63) is 64.4 Å². The van der Waals surface area contributed by atoms with Gasteiger partial charge in [0.15, 0.2) is 0 Å². The van der Waals surface area contributed by atoms with Gasteiger partial charge in [-0.3, -0.25) is 10.4 Å². The summed E-state index contributed by atoms with van der Waals surface area (Å²) in [4.78, 5) is 19.2. The van der Waals surface area contributed by atoms with E-state index in [1.807, 2.05) is 42.3 Å². The molecule has 3 N–H and O–H groups in total. The summed E-state index contributed by atoms with van der Waals surface area (Å²) < 4.78 is 0. The second kappa shape index (κ2) is 7.84. The third-order valence-corrected chi connectivity index (χ3v) is 7.34. The Morgan fingerprint density at radius 3 is 2.83 bits per heavy atom. The molecule has 1 aromatic heterocycles. The average molecular weight is 426 g/mol. The summed E-state index contributed by atoms with van der Waals surface area (Å²) in [5.41, 5.74) is 10.4. The van der Waals surface area contributed by atoms with Gasteiger partial charge in [-0.2, -0.15) is 0 Å². The summed E-state index contributed by atoms with van der Waals surface area (Å²) in [7, 11) is 0. The van der Waals surface area contributed by atoms with Crippen molar-refractivity contribution in [3.63, 3.8) is 0 Å². The molecule has 7 heteroatoms. The number of amides is 2. The second-order valence-electron chi connectivity index (χ2n) is 8.94. The number of hydrogen-bond acceptors (Lipinski definition) is 4. The van der Waals surface area contributed by atoms with Gasteiger partial charge in [0.25, 0.3) is 0 Å². The molecule has 0 spiro atoms. The highest BCUT2D eigenvalue weighted by molar-refractivity contribution is 6.30. The van der Waals surface area contributed by atoms with E-state index >= 15 is 0 Å². The molecule has 1 aliphatic carbocycles. The number of nitrogens with zero attached hydrogens (tertiary/aromatic N) is 2. The number of hydrazine groups is 1. The van der Waals surface area contributed by atoms with E-state index in [-0.39, 0.29) is 24.2 Å². The Hall–Kier alpha value is -2.15. The molecule has 3 heterocycles. The van der Waals surface area contributed by atoms with Crippen LogP contribution >= 0.6 is 11.6 Å². The van der Waals surface area contributed by atoms with Gasteiger partial charge in [-0.05, 0) is 73.9 Å². The molecule has 5 rings (SSSR count). The summed E-state index contributed by atoms with van der Waals surface area (Å²) in [6, 6.07) is 12.9. The lowest BCUT2D eigenvalue weighted by atomic mass is 9.71. The number of hydrogen-bond donors (Lipinski definition) is 3. The van der Waals surface area contributed by atoms with Gasteiger partial charge in [-0.25, -0.2) is 10.2 Å². The van der Waals surface area contributed by atoms with Crippen LogP contribution in [0.5, 0.6) is 0 Å². The predicted molar refractivity (Wildman–Crippen MR) is 117 cm³/mol.